The lowest BCUT2D eigenvalue weighted by molar-refractivity contribution is -0.119. The number of hydrogen-bond donors (Lipinski definition) is 1. The quantitative estimate of drug-likeness (QED) is 0.919. The molecule has 1 aliphatic rings. The minimum atomic E-state index is 0.226. The molecule has 24 heavy (non-hydrogen) atoms. The molecule has 122 valence electrons. The van der Waals surface area contributed by atoms with Gasteiger partial charge in [0.05, 0.1) is 11.6 Å². The maximum atomic E-state index is 12.0. The summed E-state index contributed by atoms with van der Waals surface area (Å²) < 4.78 is 0. The Morgan fingerprint density at radius 1 is 1.04 bits per heavy atom. The zero-order valence-electron chi connectivity index (χ0n) is 13.7. The van der Waals surface area contributed by atoms with Gasteiger partial charge in [-0.2, -0.15) is 5.26 Å². The van der Waals surface area contributed by atoms with Gasteiger partial charge >= 0.3 is 0 Å². The van der Waals surface area contributed by atoms with Crippen molar-refractivity contribution in [2.24, 2.45) is 0 Å². The van der Waals surface area contributed by atoms with Crippen LogP contribution in [0.2, 0.25) is 0 Å². The fourth-order valence-corrected chi connectivity index (χ4v) is 2.97. The number of amides is 1. The van der Waals surface area contributed by atoms with E-state index in [1.54, 1.807) is 0 Å². The van der Waals surface area contributed by atoms with Crippen molar-refractivity contribution in [3.63, 3.8) is 0 Å². The summed E-state index contributed by atoms with van der Waals surface area (Å²) in [7, 11) is 0. The van der Waals surface area contributed by atoms with Crippen LogP contribution in [0.3, 0.4) is 0 Å². The number of carbonyl (C=O) groups is 1. The number of carbonyl (C=O) groups excluding carboxylic acids is 1. The van der Waals surface area contributed by atoms with E-state index in [1.807, 2.05) is 41.3 Å². The molecule has 1 fully saturated rings. The van der Waals surface area contributed by atoms with Gasteiger partial charge in [-0.3, -0.25) is 4.79 Å². The molecule has 1 amide bonds. The van der Waals surface area contributed by atoms with Gasteiger partial charge in [0, 0.05) is 31.7 Å². The average molecular weight is 319 g/mol. The fourth-order valence-electron chi connectivity index (χ4n) is 2.97. The average Bonchev–Trinajstić information content (AvgIpc) is 2.63. The minimum absolute atomic E-state index is 0.226. The molecule has 0 spiro atoms. The Labute approximate surface area is 142 Å². The van der Waals surface area contributed by atoms with Gasteiger partial charge in [-0.15, -0.1) is 0 Å². The van der Waals surface area contributed by atoms with Crippen LogP contribution in [0.15, 0.2) is 48.5 Å². The Bertz CT molecular complexity index is 746. The summed E-state index contributed by atoms with van der Waals surface area (Å²) >= 11 is 0. The lowest BCUT2D eigenvalue weighted by atomic mass is 10.1. The predicted molar refractivity (Wildman–Crippen MR) is 94.3 cm³/mol. The second-order valence-corrected chi connectivity index (χ2v) is 6.08. The molecular formula is C20H21N3O. The Hall–Kier alpha value is -2.64. The lowest BCUT2D eigenvalue weighted by Crippen LogP contribution is -2.35. The summed E-state index contributed by atoms with van der Waals surface area (Å²) in [5.41, 5.74) is 3.96. The third kappa shape index (κ3) is 4.01. The molecule has 0 atom stereocenters. The first-order valence-corrected chi connectivity index (χ1v) is 8.35. The summed E-state index contributed by atoms with van der Waals surface area (Å²) in [4.78, 5) is 13.8. The van der Waals surface area contributed by atoms with Crippen molar-refractivity contribution < 1.29 is 4.79 Å². The lowest BCUT2D eigenvalue weighted by Gasteiger charge is -2.26. The summed E-state index contributed by atoms with van der Waals surface area (Å²) in [6, 6.07) is 18.0. The van der Waals surface area contributed by atoms with Crippen LogP contribution in [0.4, 0.5) is 5.69 Å². The highest BCUT2D eigenvalue weighted by molar-refractivity contribution is 5.93. The normalized spacial score (nSPS) is 14.5. The molecule has 0 aromatic heterocycles. The molecule has 0 unspecified atom stereocenters. The Morgan fingerprint density at radius 2 is 1.83 bits per heavy atom. The van der Waals surface area contributed by atoms with Crippen molar-refractivity contribution in [2.45, 2.75) is 32.4 Å². The third-order valence-corrected chi connectivity index (χ3v) is 4.29. The molecule has 2 aromatic carbocycles. The van der Waals surface area contributed by atoms with Crippen LogP contribution < -0.4 is 10.2 Å². The first-order chi connectivity index (χ1) is 11.8. The van der Waals surface area contributed by atoms with Crippen molar-refractivity contribution in [1.29, 1.82) is 5.26 Å². The molecule has 0 radical (unpaired) electrons. The van der Waals surface area contributed by atoms with Gasteiger partial charge in [-0.05, 0) is 48.2 Å². The molecule has 4 nitrogen and oxygen atoms in total. The van der Waals surface area contributed by atoms with E-state index >= 15 is 0 Å². The minimum Gasteiger partial charge on any atom is -0.312 e. The third-order valence-electron chi connectivity index (χ3n) is 4.29. The zero-order valence-corrected chi connectivity index (χ0v) is 13.7. The fraction of sp³-hybridized carbons (Fsp3) is 0.300. The van der Waals surface area contributed by atoms with E-state index in [0.717, 1.165) is 43.7 Å². The van der Waals surface area contributed by atoms with Crippen molar-refractivity contribution in [3.05, 3.63) is 65.2 Å². The molecular weight excluding hydrogens is 298 g/mol. The number of nitrogens with zero attached hydrogens (tertiary/aromatic N) is 2. The standard InChI is InChI=1S/C20H21N3O/c21-13-17-4-3-5-18(12-17)15-22-14-16-7-9-19(10-8-16)23-11-2-1-6-20(23)24/h3-5,7-10,12,22H,1-2,6,11,14-15H2. The molecule has 1 aliphatic heterocycles. The number of rotatable bonds is 5. The second-order valence-electron chi connectivity index (χ2n) is 6.08. The maximum Gasteiger partial charge on any atom is 0.226 e. The van der Waals surface area contributed by atoms with Gasteiger partial charge in [0.25, 0.3) is 0 Å². The highest BCUT2D eigenvalue weighted by Gasteiger charge is 2.19. The summed E-state index contributed by atoms with van der Waals surface area (Å²) in [6.07, 6.45) is 2.74. The van der Waals surface area contributed by atoms with E-state index in [-0.39, 0.29) is 5.91 Å². The van der Waals surface area contributed by atoms with Crippen LogP contribution in [-0.2, 0) is 17.9 Å². The van der Waals surface area contributed by atoms with Crippen LogP contribution in [0.1, 0.15) is 36.0 Å². The van der Waals surface area contributed by atoms with E-state index < -0.39 is 0 Å². The highest BCUT2D eigenvalue weighted by Crippen LogP contribution is 2.21. The Morgan fingerprint density at radius 3 is 2.58 bits per heavy atom. The smallest absolute Gasteiger partial charge is 0.226 e. The SMILES string of the molecule is N#Cc1cccc(CNCc2ccc(N3CCCCC3=O)cc2)c1. The van der Waals surface area contributed by atoms with Crippen molar-refractivity contribution in [3.8, 4) is 6.07 Å². The molecule has 4 heteroatoms. The Kier molecular flexibility index (Phi) is 5.25. The second kappa shape index (κ2) is 7.76. The molecule has 0 saturated carbocycles. The van der Waals surface area contributed by atoms with Crippen LogP contribution in [-0.4, -0.2) is 12.5 Å². The first kappa shape index (κ1) is 16.2. The molecule has 0 aliphatic carbocycles. The van der Waals surface area contributed by atoms with Crippen LogP contribution >= 0.6 is 0 Å². The number of piperidine rings is 1. The highest BCUT2D eigenvalue weighted by atomic mass is 16.2. The maximum absolute atomic E-state index is 12.0. The topological polar surface area (TPSA) is 56.1 Å². The molecule has 2 aromatic rings. The van der Waals surface area contributed by atoms with Gasteiger partial charge in [0.15, 0.2) is 0 Å². The van der Waals surface area contributed by atoms with Gasteiger partial charge in [0.2, 0.25) is 5.91 Å². The first-order valence-electron chi connectivity index (χ1n) is 8.35. The van der Waals surface area contributed by atoms with Gasteiger partial charge < -0.3 is 10.2 Å². The van der Waals surface area contributed by atoms with Gasteiger partial charge in [-0.25, -0.2) is 0 Å². The number of anilines is 1. The monoisotopic (exact) mass is 319 g/mol. The molecule has 3 rings (SSSR count). The molecule has 1 N–H and O–H groups in total. The van der Waals surface area contributed by atoms with Gasteiger partial charge in [-0.1, -0.05) is 24.3 Å². The summed E-state index contributed by atoms with van der Waals surface area (Å²) in [6.45, 7) is 2.30. The summed E-state index contributed by atoms with van der Waals surface area (Å²) in [5.74, 6) is 0.226. The van der Waals surface area contributed by atoms with E-state index in [9.17, 15) is 4.79 Å². The molecule has 0 bridgehead atoms. The van der Waals surface area contributed by atoms with Crippen molar-refractivity contribution in [2.75, 3.05) is 11.4 Å². The van der Waals surface area contributed by atoms with Gasteiger partial charge in [0.1, 0.15) is 0 Å². The number of hydrogen-bond acceptors (Lipinski definition) is 3. The van der Waals surface area contributed by atoms with Crippen molar-refractivity contribution >= 4 is 11.6 Å². The van der Waals surface area contributed by atoms with Crippen LogP contribution in [0.25, 0.3) is 0 Å². The van der Waals surface area contributed by atoms with Crippen LogP contribution in [0.5, 0.6) is 0 Å². The molecule has 1 heterocycles. The van der Waals surface area contributed by atoms with E-state index in [2.05, 4.69) is 23.5 Å². The predicted octanol–water partition coefficient (Wildman–Crippen LogP) is 3.36. The largest absolute Gasteiger partial charge is 0.312 e. The molecule has 1 saturated heterocycles. The Balaban J connectivity index is 1.54. The van der Waals surface area contributed by atoms with E-state index in [1.165, 1.54) is 5.56 Å². The zero-order chi connectivity index (χ0) is 16.8. The number of benzene rings is 2. The van der Waals surface area contributed by atoms with E-state index in [4.69, 9.17) is 5.26 Å². The van der Waals surface area contributed by atoms with Crippen LogP contribution in [0, 0.1) is 11.3 Å². The number of nitrogens with one attached hydrogen (secondary N) is 1. The summed E-state index contributed by atoms with van der Waals surface area (Å²) in [5, 5.41) is 12.3. The van der Waals surface area contributed by atoms with Crippen molar-refractivity contribution in [1.82, 2.24) is 5.32 Å². The number of nitriles is 1. The van der Waals surface area contributed by atoms with E-state index in [0.29, 0.717) is 12.0 Å².